The Morgan fingerprint density at radius 2 is 1.79 bits per heavy atom. The maximum absolute atomic E-state index is 12.5. The topological polar surface area (TPSA) is 32.3 Å². The zero-order valence-electron chi connectivity index (χ0n) is 10.1. The summed E-state index contributed by atoms with van der Waals surface area (Å²) in [5, 5.41) is 2.80. The highest BCUT2D eigenvalue weighted by Crippen LogP contribution is 2.40. The summed E-state index contributed by atoms with van der Waals surface area (Å²) in [5.74, 6) is -5.86. The van der Waals surface area contributed by atoms with Gasteiger partial charge in [-0.15, -0.1) is 0 Å². The summed E-state index contributed by atoms with van der Waals surface area (Å²) in [6.07, 6.45) is -10.9. The van der Waals surface area contributed by atoms with Gasteiger partial charge in [0.15, 0.2) is 0 Å². The zero-order chi connectivity index (χ0) is 14.8. The molecule has 19 heavy (non-hydrogen) atoms. The van der Waals surface area contributed by atoms with E-state index in [1.54, 1.807) is 0 Å². The zero-order valence-corrected chi connectivity index (χ0v) is 10.1. The van der Waals surface area contributed by atoms with Gasteiger partial charge in [-0.05, 0) is 19.9 Å². The van der Waals surface area contributed by atoms with E-state index in [1.807, 2.05) is 0 Å². The number of rotatable bonds is 3. The molecule has 3 nitrogen and oxygen atoms in total. The van der Waals surface area contributed by atoms with Crippen LogP contribution in [0.4, 0.5) is 26.3 Å². The lowest BCUT2D eigenvalue weighted by Gasteiger charge is -2.32. The monoisotopic (exact) mass is 292 g/mol. The van der Waals surface area contributed by atoms with Crippen molar-refractivity contribution in [3.63, 3.8) is 0 Å². The van der Waals surface area contributed by atoms with Crippen molar-refractivity contribution in [3.05, 3.63) is 0 Å². The van der Waals surface area contributed by atoms with Crippen LogP contribution in [0.15, 0.2) is 0 Å². The lowest BCUT2D eigenvalue weighted by atomic mass is 10.0. The number of alkyl halides is 6. The van der Waals surface area contributed by atoms with Gasteiger partial charge in [-0.1, -0.05) is 0 Å². The lowest BCUT2D eigenvalue weighted by molar-refractivity contribution is -0.278. The van der Waals surface area contributed by atoms with E-state index in [-0.39, 0.29) is 13.1 Å². The van der Waals surface area contributed by atoms with E-state index < -0.39 is 30.2 Å². The first kappa shape index (κ1) is 16.1. The molecule has 1 amide bonds. The summed E-state index contributed by atoms with van der Waals surface area (Å²) >= 11 is 0. The van der Waals surface area contributed by atoms with E-state index in [0.29, 0.717) is 17.9 Å². The van der Waals surface area contributed by atoms with E-state index in [2.05, 4.69) is 5.32 Å². The predicted molar refractivity (Wildman–Crippen MR) is 54.3 cm³/mol. The fourth-order valence-electron chi connectivity index (χ4n) is 2.13. The number of halogens is 6. The standard InChI is InChI=1S/C10H14F6N2O/c1-2-18(6-3-4-17-5-6)8(19)7(9(11,12)13)10(14,15)16/h6-7,17H,2-5H2,1H3. The molecule has 1 rings (SSSR count). The average molecular weight is 292 g/mol. The van der Waals surface area contributed by atoms with Crippen molar-refractivity contribution >= 4 is 5.91 Å². The molecule has 0 saturated carbocycles. The Bertz CT molecular complexity index is 307. The molecule has 1 N–H and O–H groups in total. The fraction of sp³-hybridized carbons (Fsp3) is 0.900. The average Bonchev–Trinajstić information content (AvgIpc) is 2.67. The third-order valence-corrected chi connectivity index (χ3v) is 3.00. The molecule has 112 valence electrons. The van der Waals surface area contributed by atoms with Gasteiger partial charge in [0.05, 0.1) is 0 Å². The van der Waals surface area contributed by atoms with Gasteiger partial charge in [0.2, 0.25) is 11.8 Å². The van der Waals surface area contributed by atoms with Gasteiger partial charge in [0.1, 0.15) is 0 Å². The van der Waals surface area contributed by atoms with Gasteiger partial charge in [0, 0.05) is 19.1 Å². The van der Waals surface area contributed by atoms with E-state index in [4.69, 9.17) is 0 Å². The molecule has 0 aliphatic carbocycles. The molecule has 1 heterocycles. The van der Waals surface area contributed by atoms with Crippen LogP contribution >= 0.6 is 0 Å². The molecule has 0 radical (unpaired) electrons. The first-order valence-electron chi connectivity index (χ1n) is 5.73. The summed E-state index contributed by atoms with van der Waals surface area (Å²) < 4.78 is 74.8. The van der Waals surface area contributed by atoms with Gasteiger partial charge in [-0.25, -0.2) is 0 Å². The molecule has 1 aliphatic heterocycles. The molecule has 9 heteroatoms. The molecule has 0 aromatic carbocycles. The van der Waals surface area contributed by atoms with Crippen molar-refractivity contribution in [1.29, 1.82) is 0 Å². The van der Waals surface area contributed by atoms with Crippen LogP contribution < -0.4 is 5.32 Å². The number of amides is 1. The Balaban J connectivity index is 2.97. The van der Waals surface area contributed by atoms with Crippen LogP contribution in [0.25, 0.3) is 0 Å². The molecule has 0 aromatic heterocycles. The first-order valence-corrected chi connectivity index (χ1v) is 5.73. The van der Waals surface area contributed by atoms with Gasteiger partial charge < -0.3 is 10.2 Å². The first-order chi connectivity index (χ1) is 8.59. The van der Waals surface area contributed by atoms with Crippen LogP contribution in [0.2, 0.25) is 0 Å². The largest absolute Gasteiger partial charge is 0.409 e. The van der Waals surface area contributed by atoms with Crippen LogP contribution in [0, 0.1) is 5.92 Å². The van der Waals surface area contributed by atoms with Crippen molar-refractivity contribution in [2.75, 3.05) is 19.6 Å². The number of carbonyl (C=O) groups excluding carboxylic acids is 1. The Morgan fingerprint density at radius 1 is 1.26 bits per heavy atom. The summed E-state index contributed by atoms with van der Waals surface area (Å²) in [7, 11) is 0. The third kappa shape index (κ3) is 3.74. The molecule has 0 bridgehead atoms. The van der Waals surface area contributed by atoms with Gasteiger partial charge in [0.25, 0.3) is 0 Å². The molecule has 0 aromatic rings. The smallest absolute Gasteiger partial charge is 0.338 e. The van der Waals surface area contributed by atoms with E-state index in [9.17, 15) is 31.1 Å². The number of carbonyl (C=O) groups is 1. The van der Waals surface area contributed by atoms with E-state index in [0.717, 1.165) is 0 Å². The minimum Gasteiger partial charge on any atom is -0.338 e. The van der Waals surface area contributed by atoms with Crippen LogP contribution in [0.5, 0.6) is 0 Å². The van der Waals surface area contributed by atoms with Crippen molar-refractivity contribution in [2.45, 2.75) is 31.7 Å². The highest BCUT2D eigenvalue weighted by atomic mass is 19.4. The van der Waals surface area contributed by atoms with Crippen molar-refractivity contribution in [1.82, 2.24) is 10.2 Å². The molecular weight excluding hydrogens is 278 g/mol. The highest BCUT2D eigenvalue weighted by Gasteiger charge is 2.62. The number of likely N-dealkylation sites (N-methyl/N-ethyl adjacent to an activating group) is 1. The Kier molecular flexibility index (Phi) is 4.70. The molecule has 1 aliphatic rings. The number of hydrogen-bond donors (Lipinski definition) is 1. The summed E-state index contributed by atoms with van der Waals surface area (Å²) in [5.41, 5.74) is 0. The molecule has 0 spiro atoms. The minimum absolute atomic E-state index is 0.187. The van der Waals surface area contributed by atoms with E-state index in [1.165, 1.54) is 6.92 Å². The maximum Gasteiger partial charge on any atom is 0.409 e. The van der Waals surface area contributed by atoms with Gasteiger partial charge >= 0.3 is 12.4 Å². The summed E-state index contributed by atoms with van der Waals surface area (Å²) in [6, 6.07) is -0.621. The number of hydrogen-bond acceptors (Lipinski definition) is 2. The molecule has 1 atom stereocenters. The van der Waals surface area contributed by atoms with Gasteiger partial charge in [-0.3, -0.25) is 4.79 Å². The second-order valence-electron chi connectivity index (χ2n) is 4.29. The van der Waals surface area contributed by atoms with E-state index >= 15 is 0 Å². The normalized spacial score (nSPS) is 20.9. The Labute approximate surface area is 105 Å². The fourth-order valence-corrected chi connectivity index (χ4v) is 2.13. The van der Waals surface area contributed by atoms with Crippen LogP contribution in [0.3, 0.4) is 0 Å². The van der Waals surface area contributed by atoms with Crippen LogP contribution in [-0.2, 0) is 4.79 Å². The van der Waals surface area contributed by atoms with Crippen LogP contribution in [0.1, 0.15) is 13.3 Å². The van der Waals surface area contributed by atoms with Crippen molar-refractivity contribution in [3.8, 4) is 0 Å². The second kappa shape index (κ2) is 5.56. The molecular formula is C10H14F6N2O. The van der Waals surface area contributed by atoms with Crippen molar-refractivity contribution in [2.24, 2.45) is 5.92 Å². The number of nitrogens with zero attached hydrogens (tertiary/aromatic N) is 1. The Morgan fingerprint density at radius 3 is 2.11 bits per heavy atom. The summed E-state index contributed by atoms with van der Waals surface area (Å²) in [6.45, 7) is 1.85. The SMILES string of the molecule is CCN(C(=O)C(C(F)(F)F)C(F)(F)F)C1CCNC1. The molecule has 1 saturated heterocycles. The minimum atomic E-state index is -5.63. The second-order valence-corrected chi connectivity index (χ2v) is 4.29. The lowest BCUT2D eigenvalue weighted by Crippen LogP contribution is -2.53. The quantitative estimate of drug-likeness (QED) is 0.806. The van der Waals surface area contributed by atoms with Crippen LogP contribution in [-0.4, -0.2) is 48.8 Å². The Hall–Kier alpha value is -0.990. The summed E-state index contributed by atoms with van der Waals surface area (Å²) in [4.78, 5) is 12.3. The van der Waals surface area contributed by atoms with Crippen molar-refractivity contribution < 1.29 is 31.1 Å². The third-order valence-electron chi connectivity index (χ3n) is 3.00. The highest BCUT2D eigenvalue weighted by molar-refractivity contribution is 5.80. The number of nitrogens with one attached hydrogen (secondary N) is 1. The molecule has 1 unspecified atom stereocenters. The predicted octanol–water partition coefficient (Wildman–Crippen LogP) is 1.94. The van der Waals surface area contributed by atoms with Gasteiger partial charge in [-0.2, -0.15) is 26.3 Å². The maximum atomic E-state index is 12.5. The molecule has 1 fully saturated rings.